The zero-order chi connectivity index (χ0) is 22.6. The number of imidazole rings is 1. The second-order valence-corrected chi connectivity index (χ2v) is 7.87. The molecule has 7 nitrogen and oxygen atoms in total. The van der Waals surface area contributed by atoms with Gasteiger partial charge in [0, 0.05) is 48.4 Å². The van der Waals surface area contributed by atoms with Crippen molar-refractivity contribution < 1.29 is 9.53 Å². The monoisotopic (exact) mass is 439 g/mol. The van der Waals surface area contributed by atoms with Gasteiger partial charge in [0.2, 0.25) is 5.91 Å². The van der Waals surface area contributed by atoms with Gasteiger partial charge < -0.3 is 15.0 Å². The van der Waals surface area contributed by atoms with E-state index in [-0.39, 0.29) is 5.91 Å². The minimum atomic E-state index is 0.00653. The van der Waals surface area contributed by atoms with Gasteiger partial charge in [0.1, 0.15) is 17.1 Å². The Morgan fingerprint density at radius 3 is 2.82 bits per heavy atom. The van der Waals surface area contributed by atoms with E-state index >= 15 is 0 Å². The first kappa shape index (κ1) is 20.8. The number of methoxy groups -OCH3 is 1. The third kappa shape index (κ3) is 4.30. The van der Waals surface area contributed by atoms with Crippen LogP contribution in [0.15, 0.2) is 73.1 Å². The maximum atomic E-state index is 12.6. The molecule has 0 unspecified atom stereocenters. The second kappa shape index (κ2) is 9.16. The molecule has 7 heteroatoms. The molecule has 0 atom stereocenters. The van der Waals surface area contributed by atoms with Crippen molar-refractivity contribution in [2.24, 2.45) is 0 Å². The molecular formula is C26H25N5O2. The first-order valence-electron chi connectivity index (χ1n) is 11.0. The van der Waals surface area contributed by atoms with Crippen LogP contribution in [0, 0.1) is 0 Å². The van der Waals surface area contributed by atoms with Crippen LogP contribution in [-0.4, -0.2) is 39.1 Å². The molecular weight excluding hydrogens is 414 g/mol. The molecule has 0 aliphatic rings. The zero-order valence-corrected chi connectivity index (χ0v) is 18.4. The number of para-hydroxylation sites is 1. The number of rotatable bonds is 8. The lowest BCUT2D eigenvalue weighted by Gasteiger charge is -2.09. The van der Waals surface area contributed by atoms with E-state index in [1.54, 1.807) is 13.3 Å². The fourth-order valence-electron chi connectivity index (χ4n) is 4.12. The van der Waals surface area contributed by atoms with E-state index in [0.717, 1.165) is 51.3 Å². The fourth-order valence-corrected chi connectivity index (χ4v) is 4.12. The van der Waals surface area contributed by atoms with Gasteiger partial charge >= 0.3 is 0 Å². The number of hydrogen-bond acceptors (Lipinski definition) is 4. The van der Waals surface area contributed by atoms with Crippen molar-refractivity contribution in [1.29, 1.82) is 0 Å². The lowest BCUT2D eigenvalue weighted by atomic mass is 10.1. The van der Waals surface area contributed by atoms with Gasteiger partial charge in [-0.05, 0) is 54.4 Å². The molecule has 0 aliphatic carbocycles. The summed E-state index contributed by atoms with van der Waals surface area (Å²) in [4.78, 5) is 25.1. The number of carbonyl (C=O) groups excluding carboxylic acids is 1. The smallest absolute Gasteiger partial charge is 0.220 e. The van der Waals surface area contributed by atoms with Gasteiger partial charge in [-0.1, -0.05) is 18.2 Å². The van der Waals surface area contributed by atoms with Crippen LogP contribution in [0.2, 0.25) is 0 Å². The Balaban J connectivity index is 1.24. The van der Waals surface area contributed by atoms with E-state index in [1.165, 1.54) is 0 Å². The van der Waals surface area contributed by atoms with E-state index in [0.29, 0.717) is 19.4 Å². The van der Waals surface area contributed by atoms with Crippen LogP contribution < -0.4 is 10.1 Å². The predicted octanol–water partition coefficient (Wildman–Crippen LogP) is 4.20. The van der Waals surface area contributed by atoms with E-state index in [9.17, 15) is 4.79 Å². The molecule has 2 N–H and O–H groups in total. The number of amides is 1. The third-order valence-electron chi connectivity index (χ3n) is 5.77. The molecule has 0 spiro atoms. The van der Waals surface area contributed by atoms with Crippen molar-refractivity contribution in [2.45, 2.75) is 19.3 Å². The van der Waals surface area contributed by atoms with E-state index in [1.807, 2.05) is 71.4 Å². The van der Waals surface area contributed by atoms with Crippen molar-refractivity contribution in [3.63, 3.8) is 0 Å². The number of aryl methyl sites for hydroxylation is 1. The Bertz CT molecular complexity index is 1400. The number of benzene rings is 2. The average Bonchev–Trinajstić information content (AvgIpc) is 3.44. The summed E-state index contributed by atoms with van der Waals surface area (Å²) < 4.78 is 7.36. The number of H-pyrrole nitrogens is 1. The second-order valence-electron chi connectivity index (χ2n) is 7.87. The number of ether oxygens (including phenoxy) is 1. The highest BCUT2D eigenvalue weighted by Gasteiger charge is 2.14. The molecule has 3 heterocycles. The molecule has 166 valence electrons. The van der Waals surface area contributed by atoms with Crippen LogP contribution in [0.3, 0.4) is 0 Å². The van der Waals surface area contributed by atoms with Gasteiger partial charge in [-0.3, -0.25) is 9.36 Å². The van der Waals surface area contributed by atoms with Gasteiger partial charge in [-0.25, -0.2) is 9.97 Å². The molecule has 0 bridgehead atoms. The van der Waals surface area contributed by atoms with Crippen LogP contribution in [0.25, 0.3) is 27.8 Å². The van der Waals surface area contributed by atoms with E-state index < -0.39 is 0 Å². The summed E-state index contributed by atoms with van der Waals surface area (Å²) in [7, 11) is 1.66. The van der Waals surface area contributed by atoms with Gasteiger partial charge in [-0.15, -0.1) is 0 Å². The maximum Gasteiger partial charge on any atom is 0.220 e. The molecule has 3 aromatic heterocycles. The van der Waals surface area contributed by atoms with E-state index in [2.05, 4.69) is 15.3 Å². The number of hydrogen-bond donors (Lipinski definition) is 2. The number of nitrogens with one attached hydrogen (secondary N) is 2. The summed E-state index contributed by atoms with van der Waals surface area (Å²) in [6.45, 7) is 0.569. The summed E-state index contributed by atoms with van der Waals surface area (Å²) >= 11 is 0. The Hall–Kier alpha value is -4.13. The number of aromatic nitrogens is 4. The van der Waals surface area contributed by atoms with Crippen LogP contribution in [-0.2, 0) is 17.6 Å². The topological polar surface area (TPSA) is 84.8 Å². The van der Waals surface area contributed by atoms with Crippen LogP contribution >= 0.6 is 0 Å². The van der Waals surface area contributed by atoms with Gasteiger partial charge in [0.05, 0.1) is 7.11 Å². The highest BCUT2D eigenvalue weighted by Crippen LogP contribution is 2.24. The van der Waals surface area contributed by atoms with Gasteiger partial charge in [-0.2, -0.15) is 0 Å². The minimum Gasteiger partial charge on any atom is -0.497 e. The van der Waals surface area contributed by atoms with Crippen molar-refractivity contribution in [3.8, 4) is 11.4 Å². The Kier molecular flexibility index (Phi) is 5.76. The molecule has 33 heavy (non-hydrogen) atoms. The number of aromatic amines is 1. The Morgan fingerprint density at radius 1 is 1.09 bits per heavy atom. The zero-order valence-electron chi connectivity index (χ0n) is 18.4. The molecule has 5 rings (SSSR count). The number of fused-ring (bicyclic) bond motifs is 2. The van der Waals surface area contributed by atoms with Gasteiger partial charge in [0.15, 0.2) is 5.65 Å². The third-order valence-corrected chi connectivity index (χ3v) is 5.77. The first-order valence-corrected chi connectivity index (χ1v) is 11.0. The molecule has 0 aliphatic heterocycles. The van der Waals surface area contributed by atoms with Crippen molar-refractivity contribution >= 4 is 28.0 Å². The molecule has 0 saturated carbocycles. The maximum absolute atomic E-state index is 12.6. The SMILES string of the molecule is COc1ccc2[nH]cc(CCNC(=O)CCc3nc4cccnc4n3-c3ccccc3)c2c1. The van der Waals surface area contributed by atoms with Crippen LogP contribution in [0.1, 0.15) is 17.8 Å². The highest BCUT2D eigenvalue weighted by atomic mass is 16.5. The molecule has 2 aromatic carbocycles. The molecule has 5 aromatic rings. The predicted molar refractivity (Wildman–Crippen MR) is 129 cm³/mol. The standard InChI is InChI=1S/C26H25N5O2/c1-33-20-9-10-22-21(16-20)18(17-29-22)13-15-27-25(32)12-11-24-30-23-8-5-14-28-26(23)31(24)19-6-3-2-4-7-19/h2-10,14,16-17,29H,11-13,15H2,1H3,(H,27,32). The first-order chi connectivity index (χ1) is 16.2. The van der Waals surface area contributed by atoms with Crippen LogP contribution in [0.4, 0.5) is 0 Å². The quantitative estimate of drug-likeness (QED) is 0.379. The van der Waals surface area contributed by atoms with Crippen molar-refractivity contribution in [3.05, 3.63) is 84.4 Å². The molecule has 0 saturated heterocycles. The van der Waals surface area contributed by atoms with Crippen molar-refractivity contribution in [2.75, 3.05) is 13.7 Å². The summed E-state index contributed by atoms with van der Waals surface area (Å²) in [6, 6.07) is 19.8. The number of pyridine rings is 1. The Labute approximate surface area is 191 Å². The van der Waals surface area contributed by atoms with E-state index in [4.69, 9.17) is 9.72 Å². The number of nitrogens with zero attached hydrogens (tertiary/aromatic N) is 3. The number of carbonyl (C=O) groups is 1. The summed E-state index contributed by atoms with van der Waals surface area (Å²) in [5, 5.41) is 4.16. The lowest BCUT2D eigenvalue weighted by Crippen LogP contribution is -2.26. The minimum absolute atomic E-state index is 0.00653. The highest BCUT2D eigenvalue weighted by molar-refractivity contribution is 5.84. The largest absolute Gasteiger partial charge is 0.497 e. The van der Waals surface area contributed by atoms with Crippen molar-refractivity contribution in [1.82, 2.24) is 24.8 Å². The fraction of sp³-hybridized carbons (Fsp3) is 0.192. The lowest BCUT2D eigenvalue weighted by molar-refractivity contribution is -0.121. The Morgan fingerprint density at radius 2 is 1.97 bits per heavy atom. The summed E-state index contributed by atoms with van der Waals surface area (Å²) in [6.07, 6.45) is 5.39. The summed E-state index contributed by atoms with van der Waals surface area (Å²) in [5.41, 5.74) is 4.83. The van der Waals surface area contributed by atoms with Gasteiger partial charge in [0.25, 0.3) is 0 Å². The molecule has 0 fully saturated rings. The van der Waals surface area contributed by atoms with Crippen LogP contribution in [0.5, 0.6) is 5.75 Å². The molecule has 0 radical (unpaired) electrons. The molecule has 1 amide bonds. The average molecular weight is 440 g/mol. The normalized spacial score (nSPS) is 11.2. The summed E-state index contributed by atoms with van der Waals surface area (Å²) in [5.74, 6) is 1.66.